The Morgan fingerprint density at radius 1 is 1.14 bits per heavy atom. The van der Waals surface area contributed by atoms with E-state index in [1.165, 1.54) is 12.1 Å². The molecule has 5 nitrogen and oxygen atoms in total. The van der Waals surface area contributed by atoms with Gasteiger partial charge in [-0.2, -0.15) is 0 Å². The van der Waals surface area contributed by atoms with Crippen molar-refractivity contribution < 1.29 is 17.6 Å². The molecule has 0 saturated heterocycles. The van der Waals surface area contributed by atoms with Crippen molar-refractivity contribution in [1.82, 2.24) is 0 Å². The number of nitrogens with one attached hydrogen (secondary N) is 1. The van der Waals surface area contributed by atoms with Gasteiger partial charge in [0, 0.05) is 0 Å². The van der Waals surface area contributed by atoms with E-state index in [-0.39, 0.29) is 16.9 Å². The second-order valence-corrected chi connectivity index (χ2v) is 7.02. The van der Waals surface area contributed by atoms with Crippen molar-refractivity contribution in [3.05, 3.63) is 53.8 Å². The van der Waals surface area contributed by atoms with Gasteiger partial charge in [0.25, 0.3) is 15.9 Å². The summed E-state index contributed by atoms with van der Waals surface area (Å²) in [4.78, 5) is 12.2. The number of carbonyl (C=O) groups excluding carboxylic acids is 1. The maximum absolute atomic E-state index is 13.5. The molecule has 1 N–H and O–H groups in total. The summed E-state index contributed by atoms with van der Waals surface area (Å²) in [6.45, 7) is 0. The van der Waals surface area contributed by atoms with E-state index in [0.717, 1.165) is 16.4 Å². The minimum atomic E-state index is -3.92. The summed E-state index contributed by atoms with van der Waals surface area (Å²) in [5.74, 6) is -1.22. The van der Waals surface area contributed by atoms with Crippen LogP contribution in [0.25, 0.3) is 0 Å². The van der Waals surface area contributed by atoms with E-state index in [0.29, 0.717) is 5.69 Å². The van der Waals surface area contributed by atoms with Crippen LogP contribution in [-0.4, -0.2) is 19.5 Å². The molecule has 0 bridgehead atoms. The van der Waals surface area contributed by atoms with Gasteiger partial charge in [-0.3, -0.25) is 4.79 Å². The van der Waals surface area contributed by atoms with Gasteiger partial charge in [-0.05, 0) is 30.3 Å². The van der Waals surface area contributed by atoms with E-state index in [9.17, 15) is 17.6 Å². The van der Waals surface area contributed by atoms with E-state index in [4.69, 9.17) is 11.6 Å². The Morgan fingerprint density at radius 2 is 1.86 bits per heavy atom. The fraction of sp³-hybridized carbons (Fsp3) is 0.0714. The number of alkyl halides is 1. The van der Waals surface area contributed by atoms with Gasteiger partial charge in [-0.15, -0.1) is 11.6 Å². The van der Waals surface area contributed by atoms with Crippen LogP contribution in [0.1, 0.15) is 10.4 Å². The quantitative estimate of drug-likeness (QED) is 0.854. The lowest BCUT2D eigenvalue weighted by Crippen LogP contribution is -2.27. The molecule has 1 heterocycles. The number of hydrogen-bond acceptors (Lipinski definition) is 3. The molecule has 0 aromatic heterocycles. The van der Waals surface area contributed by atoms with Gasteiger partial charge in [-0.1, -0.05) is 12.1 Å². The Kier molecular flexibility index (Phi) is 3.54. The maximum Gasteiger partial charge on any atom is 0.257 e. The third-order valence-electron chi connectivity index (χ3n) is 3.21. The number of rotatable bonds is 2. The number of carbonyl (C=O) groups is 1. The molecule has 0 atom stereocenters. The lowest BCUT2D eigenvalue weighted by atomic mass is 10.1. The molecular weight excluding hydrogens is 331 g/mol. The molecule has 0 unspecified atom stereocenters. The number of benzene rings is 2. The monoisotopic (exact) mass is 340 g/mol. The van der Waals surface area contributed by atoms with Crippen LogP contribution < -0.4 is 9.62 Å². The number of sulfonamides is 1. The number of para-hydroxylation sites is 2. The average molecular weight is 341 g/mol. The Morgan fingerprint density at radius 3 is 2.59 bits per heavy atom. The molecule has 2 aromatic rings. The van der Waals surface area contributed by atoms with Crippen LogP contribution in [0.5, 0.6) is 0 Å². The molecule has 2 aromatic carbocycles. The molecule has 0 radical (unpaired) electrons. The van der Waals surface area contributed by atoms with E-state index >= 15 is 0 Å². The van der Waals surface area contributed by atoms with Crippen molar-refractivity contribution in [3.8, 4) is 0 Å². The standard InChI is InChI=1S/C14H10ClFN2O3S/c15-8-22(20,21)18-12-6-5-9(16)7-10(12)14(19)17-11-3-1-2-4-13(11)18/h1-7H,8H2,(H,17,19). The van der Waals surface area contributed by atoms with Crippen LogP contribution >= 0.6 is 11.6 Å². The first-order chi connectivity index (χ1) is 10.4. The zero-order chi connectivity index (χ0) is 15.9. The number of fused-ring (bicyclic) bond motifs is 2. The summed E-state index contributed by atoms with van der Waals surface area (Å²) in [5, 5.41) is 1.90. The van der Waals surface area contributed by atoms with Crippen molar-refractivity contribution in [3.63, 3.8) is 0 Å². The van der Waals surface area contributed by atoms with E-state index < -0.39 is 27.0 Å². The second-order valence-electron chi connectivity index (χ2n) is 4.62. The van der Waals surface area contributed by atoms with Crippen molar-refractivity contribution >= 4 is 44.6 Å². The Balaban J connectivity index is 2.37. The van der Waals surface area contributed by atoms with Crippen molar-refractivity contribution in [2.24, 2.45) is 0 Å². The maximum atomic E-state index is 13.5. The predicted octanol–water partition coefficient (Wildman–Crippen LogP) is 3.06. The van der Waals surface area contributed by atoms with Crippen LogP contribution in [0, 0.1) is 5.82 Å². The van der Waals surface area contributed by atoms with Gasteiger partial charge in [0.1, 0.15) is 11.0 Å². The molecule has 0 spiro atoms. The first-order valence-electron chi connectivity index (χ1n) is 6.23. The topological polar surface area (TPSA) is 66.5 Å². The molecule has 1 aliphatic heterocycles. The van der Waals surface area contributed by atoms with Crippen LogP contribution in [0.2, 0.25) is 0 Å². The van der Waals surface area contributed by atoms with E-state index in [2.05, 4.69) is 5.32 Å². The minimum Gasteiger partial charge on any atom is -0.320 e. The largest absolute Gasteiger partial charge is 0.320 e. The highest BCUT2D eigenvalue weighted by molar-refractivity contribution is 7.94. The molecule has 114 valence electrons. The molecule has 22 heavy (non-hydrogen) atoms. The lowest BCUT2D eigenvalue weighted by molar-refractivity contribution is 0.102. The second kappa shape index (κ2) is 5.26. The average Bonchev–Trinajstić information content (AvgIpc) is 2.62. The number of nitrogens with zero attached hydrogens (tertiary/aromatic N) is 1. The SMILES string of the molecule is O=C1Nc2ccccc2N(S(=O)(=O)CCl)c2ccc(F)cc21. The first kappa shape index (κ1) is 14.8. The molecular formula is C14H10ClFN2O3S. The molecule has 0 aliphatic carbocycles. The Hall–Kier alpha value is -2.12. The summed E-state index contributed by atoms with van der Waals surface area (Å²) >= 11 is 5.57. The van der Waals surface area contributed by atoms with Gasteiger partial charge in [0.05, 0.1) is 22.6 Å². The zero-order valence-electron chi connectivity index (χ0n) is 11.1. The molecule has 1 amide bonds. The fourth-order valence-electron chi connectivity index (χ4n) is 2.29. The van der Waals surface area contributed by atoms with Crippen LogP contribution in [0.15, 0.2) is 42.5 Å². The number of hydrogen-bond donors (Lipinski definition) is 1. The van der Waals surface area contributed by atoms with Gasteiger partial charge < -0.3 is 5.32 Å². The third kappa shape index (κ3) is 2.32. The van der Waals surface area contributed by atoms with Gasteiger partial charge in [-0.25, -0.2) is 17.1 Å². The molecule has 0 fully saturated rings. The highest BCUT2D eigenvalue weighted by Gasteiger charge is 2.32. The van der Waals surface area contributed by atoms with Crippen LogP contribution in [-0.2, 0) is 10.0 Å². The third-order valence-corrected chi connectivity index (χ3v) is 5.26. The van der Waals surface area contributed by atoms with Crippen molar-refractivity contribution in [2.45, 2.75) is 0 Å². The highest BCUT2D eigenvalue weighted by Crippen LogP contribution is 2.40. The van der Waals surface area contributed by atoms with Gasteiger partial charge in [0.2, 0.25) is 0 Å². The normalized spacial score (nSPS) is 13.9. The Bertz CT molecular complexity index is 870. The van der Waals surface area contributed by atoms with Crippen molar-refractivity contribution in [1.29, 1.82) is 0 Å². The molecule has 1 aliphatic rings. The summed E-state index contributed by atoms with van der Waals surface area (Å²) < 4.78 is 39.2. The van der Waals surface area contributed by atoms with Crippen LogP contribution in [0.3, 0.4) is 0 Å². The Labute approximate surface area is 131 Å². The summed E-state index contributed by atoms with van der Waals surface area (Å²) in [6.07, 6.45) is 0. The summed E-state index contributed by atoms with van der Waals surface area (Å²) in [7, 11) is -3.92. The molecule has 8 heteroatoms. The first-order valence-corrected chi connectivity index (χ1v) is 8.37. The number of halogens is 2. The van der Waals surface area contributed by atoms with E-state index in [1.54, 1.807) is 18.2 Å². The lowest BCUT2D eigenvalue weighted by Gasteiger charge is -2.24. The van der Waals surface area contributed by atoms with E-state index in [1.807, 2.05) is 0 Å². The smallest absolute Gasteiger partial charge is 0.257 e. The number of amides is 1. The summed E-state index contributed by atoms with van der Waals surface area (Å²) in [6, 6.07) is 9.72. The summed E-state index contributed by atoms with van der Waals surface area (Å²) in [5.41, 5.74) is 0.536. The predicted molar refractivity (Wildman–Crippen MR) is 82.6 cm³/mol. The molecule has 0 saturated carbocycles. The molecule has 3 rings (SSSR count). The zero-order valence-corrected chi connectivity index (χ0v) is 12.7. The van der Waals surface area contributed by atoms with Gasteiger partial charge in [0.15, 0.2) is 0 Å². The van der Waals surface area contributed by atoms with Gasteiger partial charge >= 0.3 is 0 Å². The van der Waals surface area contributed by atoms with Crippen molar-refractivity contribution in [2.75, 3.05) is 14.8 Å². The fourth-order valence-corrected chi connectivity index (χ4v) is 3.60. The van der Waals surface area contributed by atoms with Crippen LogP contribution in [0.4, 0.5) is 21.5 Å². The minimum absolute atomic E-state index is 0.0597. The number of anilines is 3. The highest BCUT2D eigenvalue weighted by atomic mass is 35.5.